The van der Waals surface area contributed by atoms with Gasteiger partial charge in [0.2, 0.25) is 0 Å². The first-order chi connectivity index (χ1) is 3.77. The van der Waals surface area contributed by atoms with Gasteiger partial charge in [0.1, 0.15) is 0 Å². The van der Waals surface area contributed by atoms with Gasteiger partial charge in [0.05, 0.1) is 0 Å². The molecule has 50 valence electrons. The minimum Gasteiger partial charge on any atom is -0.279 e. The molecule has 0 saturated carbocycles. The van der Waals surface area contributed by atoms with Crippen LogP contribution in [0.5, 0.6) is 0 Å². The van der Waals surface area contributed by atoms with Crippen LogP contribution in [-0.4, -0.2) is 5.75 Å². The van der Waals surface area contributed by atoms with E-state index in [1.807, 2.05) is 0 Å². The molecule has 0 heterocycles. The normalized spacial score (nSPS) is 13.6. The Bertz CT molecular complexity index is 99.0. The fourth-order valence-corrected chi connectivity index (χ4v) is 1.40. The van der Waals surface area contributed by atoms with Gasteiger partial charge in [-0.3, -0.25) is 4.78 Å². The molecule has 0 saturated heterocycles. The maximum Gasteiger partial charge on any atom is 0.00490 e. The summed E-state index contributed by atoms with van der Waals surface area (Å²) in [5.41, 5.74) is 0. The van der Waals surface area contributed by atoms with Gasteiger partial charge >= 0.3 is 0 Å². The van der Waals surface area contributed by atoms with Gasteiger partial charge in [0, 0.05) is 5.75 Å². The summed E-state index contributed by atoms with van der Waals surface area (Å²) in [4.78, 5) is 0. The third-order valence-corrected chi connectivity index (χ3v) is 2.23. The van der Waals surface area contributed by atoms with Gasteiger partial charge < -0.3 is 0 Å². The monoisotopic (exact) mass is 151 g/mol. The van der Waals surface area contributed by atoms with Crippen molar-refractivity contribution >= 4 is 20.4 Å². The van der Waals surface area contributed by atoms with E-state index in [4.69, 9.17) is 16.0 Å². The SMILES string of the molecule is CCCCC[SH](=N)=S. The largest absolute Gasteiger partial charge is 0.279 e. The van der Waals surface area contributed by atoms with Crippen LogP contribution in [0.3, 0.4) is 0 Å². The van der Waals surface area contributed by atoms with E-state index in [0.29, 0.717) is 0 Å². The van der Waals surface area contributed by atoms with Crippen molar-refractivity contribution in [2.45, 2.75) is 26.2 Å². The summed E-state index contributed by atoms with van der Waals surface area (Å²) in [7, 11) is -0.779. The number of unbranched alkanes of at least 4 members (excludes halogenated alkanes) is 2. The molecular formula is C5H13NS2. The molecule has 3 heteroatoms. The van der Waals surface area contributed by atoms with E-state index in [0.717, 1.165) is 12.2 Å². The topological polar surface area (TPSA) is 23.9 Å². The summed E-state index contributed by atoms with van der Waals surface area (Å²) >= 11 is 4.72. The number of rotatable bonds is 4. The van der Waals surface area contributed by atoms with Gasteiger partial charge in [0.15, 0.2) is 0 Å². The van der Waals surface area contributed by atoms with E-state index in [9.17, 15) is 0 Å². The molecular weight excluding hydrogens is 138 g/mol. The first-order valence-electron chi connectivity index (χ1n) is 2.93. The van der Waals surface area contributed by atoms with E-state index in [1.165, 1.54) is 12.8 Å². The van der Waals surface area contributed by atoms with E-state index in [1.54, 1.807) is 0 Å². The molecule has 1 N–H and O–H groups in total. The second-order valence-electron chi connectivity index (χ2n) is 1.81. The molecule has 0 fully saturated rings. The molecule has 0 amide bonds. The molecule has 0 aliphatic heterocycles. The highest BCUT2D eigenvalue weighted by Gasteiger charge is 1.81. The van der Waals surface area contributed by atoms with Crippen LogP contribution >= 0.6 is 0 Å². The molecule has 0 aliphatic rings. The Morgan fingerprint density at radius 3 is 2.50 bits per heavy atom. The van der Waals surface area contributed by atoms with Crippen molar-refractivity contribution in [3.63, 3.8) is 0 Å². The molecule has 0 spiro atoms. The van der Waals surface area contributed by atoms with Crippen LogP contribution in [-0.2, 0) is 20.4 Å². The van der Waals surface area contributed by atoms with Crippen molar-refractivity contribution in [2.24, 2.45) is 0 Å². The van der Waals surface area contributed by atoms with Gasteiger partial charge in [0.25, 0.3) is 0 Å². The second kappa shape index (κ2) is 5.51. The van der Waals surface area contributed by atoms with Crippen molar-refractivity contribution in [3.8, 4) is 0 Å². The number of hydrogen-bond donors (Lipinski definition) is 2. The van der Waals surface area contributed by atoms with Crippen molar-refractivity contribution < 1.29 is 0 Å². The van der Waals surface area contributed by atoms with E-state index < -0.39 is 9.25 Å². The van der Waals surface area contributed by atoms with Gasteiger partial charge in [-0.1, -0.05) is 29.0 Å². The lowest BCUT2D eigenvalue weighted by atomic mass is 10.3. The molecule has 1 atom stereocenters. The van der Waals surface area contributed by atoms with Crippen molar-refractivity contribution in [2.75, 3.05) is 5.75 Å². The summed E-state index contributed by atoms with van der Waals surface area (Å²) in [5, 5.41) is 0. The Morgan fingerprint density at radius 2 is 2.12 bits per heavy atom. The number of hydrogen-bond acceptors (Lipinski definition) is 2. The molecule has 0 aromatic rings. The molecule has 0 aromatic carbocycles. The standard InChI is InChI=1S/C5H13NS2/c1-2-3-4-5-8(6)7/h6,8H,2-5H2,1H3. The predicted octanol–water partition coefficient (Wildman–Crippen LogP) is 1.75. The summed E-state index contributed by atoms with van der Waals surface area (Å²) in [6, 6.07) is 0. The highest BCUT2D eigenvalue weighted by Crippen LogP contribution is 1.92. The average molecular weight is 151 g/mol. The molecule has 8 heavy (non-hydrogen) atoms. The maximum absolute atomic E-state index is 7.04. The lowest BCUT2D eigenvalue weighted by molar-refractivity contribution is 0.778. The van der Waals surface area contributed by atoms with Crippen LogP contribution in [0.25, 0.3) is 0 Å². The highest BCUT2D eigenvalue weighted by molar-refractivity contribution is 8.22. The Morgan fingerprint density at radius 1 is 1.50 bits per heavy atom. The molecule has 1 unspecified atom stereocenters. The Hall–Kier alpha value is 0.370. The highest BCUT2D eigenvalue weighted by atomic mass is 32.8. The van der Waals surface area contributed by atoms with Gasteiger partial charge in [-0.05, 0) is 17.6 Å². The summed E-state index contributed by atoms with van der Waals surface area (Å²) in [5.74, 6) is 0.957. The average Bonchev–Trinajstić information content (AvgIpc) is 1.66. The van der Waals surface area contributed by atoms with Crippen LogP contribution in [0.4, 0.5) is 0 Å². The summed E-state index contributed by atoms with van der Waals surface area (Å²) in [6.45, 7) is 2.16. The summed E-state index contributed by atoms with van der Waals surface area (Å²) in [6.07, 6.45) is 3.64. The van der Waals surface area contributed by atoms with Crippen LogP contribution in [0.15, 0.2) is 0 Å². The Kier molecular flexibility index (Phi) is 5.76. The van der Waals surface area contributed by atoms with Crippen LogP contribution in [0.2, 0.25) is 0 Å². The maximum atomic E-state index is 7.04. The van der Waals surface area contributed by atoms with Gasteiger partial charge in [-0.15, -0.1) is 0 Å². The molecule has 0 aliphatic carbocycles. The molecule has 0 radical (unpaired) electrons. The molecule has 0 rings (SSSR count). The predicted molar refractivity (Wildman–Crippen MR) is 43.2 cm³/mol. The summed E-state index contributed by atoms with van der Waals surface area (Å²) < 4.78 is 7.04. The van der Waals surface area contributed by atoms with E-state index in [2.05, 4.69) is 6.92 Å². The van der Waals surface area contributed by atoms with E-state index >= 15 is 0 Å². The smallest absolute Gasteiger partial charge is 0.00490 e. The molecule has 0 aromatic heterocycles. The third kappa shape index (κ3) is 6.37. The van der Waals surface area contributed by atoms with Crippen LogP contribution < -0.4 is 0 Å². The van der Waals surface area contributed by atoms with Gasteiger partial charge in [-0.2, -0.15) is 0 Å². The lowest BCUT2D eigenvalue weighted by Gasteiger charge is -1.90. The lowest BCUT2D eigenvalue weighted by Crippen LogP contribution is -1.82. The fourth-order valence-electron chi connectivity index (χ4n) is 0.505. The quantitative estimate of drug-likeness (QED) is 0.464. The zero-order chi connectivity index (χ0) is 6.41. The Balaban J connectivity index is 2.94. The zero-order valence-electron chi connectivity index (χ0n) is 5.18. The fraction of sp³-hybridized carbons (Fsp3) is 1.00. The second-order valence-corrected chi connectivity index (χ2v) is 4.34. The Labute approximate surface area is 57.6 Å². The molecule has 0 bridgehead atoms. The minimum atomic E-state index is -0.779. The van der Waals surface area contributed by atoms with Crippen molar-refractivity contribution in [1.82, 2.24) is 0 Å². The number of thiol groups is 1. The first kappa shape index (κ1) is 8.37. The van der Waals surface area contributed by atoms with Crippen molar-refractivity contribution in [3.05, 3.63) is 0 Å². The van der Waals surface area contributed by atoms with Crippen LogP contribution in [0, 0.1) is 4.78 Å². The van der Waals surface area contributed by atoms with Crippen molar-refractivity contribution in [1.29, 1.82) is 4.78 Å². The van der Waals surface area contributed by atoms with Gasteiger partial charge in [-0.25, -0.2) is 0 Å². The number of nitrogens with one attached hydrogen (secondary N) is 1. The minimum absolute atomic E-state index is 0.779. The third-order valence-electron chi connectivity index (χ3n) is 0.965. The molecule has 1 nitrogen and oxygen atoms in total. The van der Waals surface area contributed by atoms with E-state index in [-0.39, 0.29) is 0 Å². The van der Waals surface area contributed by atoms with Crippen LogP contribution in [0.1, 0.15) is 26.2 Å². The first-order valence-corrected chi connectivity index (χ1v) is 5.47. The zero-order valence-corrected chi connectivity index (χ0v) is 6.89.